The number of nitrogens with one attached hydrogen (secondary N) is 1. The van der Waals surface area contributed by atoms with E-state index >= 15 is 0 Å². The number of rotatable bonds is 5. The van der Waals surface area contributed by atoms with Crippen molar-refractivity contribution in [3.63, 3.8) is 0 Å². The molecular weight excluding hydrogens is 309 g/mol. The summed E-state index contributed by atoms with van der Waals surface area (Å²) in [5.41, 5.74) is 9.09. The van der Waals surface area contributed by atoms with E-state index in [0.29, 0.717) is 11.3 Å². The van der Waals surface area contributed by atoms with Gasteiger partial charge in [0.25, 0.3) is 5.91 Å². The smallest absolute Gasteiger partial charge is 0.295 e. The second kappa shape index (κ2) is 7.02. The Kier molecular flexibility index (Phi) is 5.08. The summed E-state index contributed by atoms with van der Waals surface area (Å²) in [5.74, 6) is -1.01. The van der Waals surface area contributed by atoms with Gasteiger partial charge in [-0.25, -0.2) is 14.9 Å². The molecule has 3 N–H and O–H groups in total. The van der Waals surface area contributed by atoms with Crippen LogP contribution in [0.5, 0.6) is 0 Å². The summed E-state index contributed by atoms with van der Waals surface area (Å²) >= 11 is 6.00. The number of amides is 1. The first-order chi connectivity index (χ1) is 10.5. The fourth-order valence-electron chi connectivity index (χ4n) is 1.68. The van der Waals surface area contributed by atoms with Gasteiger partial charge in [-0.1, -0.05) is 17.7 Å². The Bertz CT molecular complexity index is 705. The van der Waals surface area contributed by atoms with E-state index in [0.717, 1.165) is 0 Å². The van der Waals surface area contributed by atoms with Crippen LogP contribution in [0.3, 0.4) is 0 Å². The van der Waals surface area contributed by atoms with Crippen molar-refractivity contribution in [3.05, 3.63) is 59.5 Å². The molecule has 0 saturated carbocycles. The summed E-state index contributed by atoms with van der Waals surface area (Å²) in [7, 11) is 0. The van der Waals surface area contributed by atoms with Crippen LogP contribution in [-0.2, 0) is 4.84 Å². The molecule has 0 fully saturated rings. The molecule has 7 heteroatoms. The van der Waals surface area contributed by atoms with Crippen LogP contribution in [0, 0.1) is 5.82 Å². The maximum atomic E-state index is 13.0. The lowest BCUT2D eigenvalue weighted by atomic mass is 10.1. The van der Waals surface area contributed by atoms with Crippen LogP contribution in [0.2, 0.25) is 5.02 Å². The molecule has 1 heterocycles. The molecule has 1 amide bonds. The average Bonchev–Trinajstić information content (AvgIpc) is 2.50. The number of nitrogens with zero attached hydrogens (tertiary/aromatic N) is 1. The maximum absolute atomic E-state index is 13.0. The Morgan fingerprint density at radius 1 is 1.45 bits per heavy atom. The quantitative estimate of drug-likeness (QED) is 0.504. The van der Waals surface area contributed by atoms with Crippen LogP contribution in [-0.4, -0.2) is 17.5 Å². The standard InChI is InChI=1S/C15H13ClFN3O2/c1-2-7-22-20-15(21)14-13(16)11(18)8-12(19-14)9-3-5-10(17)6-4-9/h2-6,8H,1,7H2,(H2,18,19)(H,20,21). The highest BCUT2D eigenvalue weighted by atomic mass is 35.5. The van der Waals surface area contributed by atoms with Gasteiger partial charge in [-0.15, -0.1) is 6.58 Å². The summed E-state index contributed by atoms with van der Waals surface area (Å²) < 4.78 is 13.0. The van der Waals surface area contributed by atoms with Gasteiger partial charge in [0, 0.05) is 5.56 Å². The molecule has 22 heavy (non-hydrogen) atoms. The van der Waals surface area contributed by atoms with Gasteiger partial charge in [-0.05, 0) is 30.3 Å². The number of halogens is 2. The van der Waals surface area contributed by atoms with Crippen LogP contribution in [0.15, 0.2) is 43.0 Å². The van der Waals surface area contributed by atoms with E-state index in [9.17, 15) is 9.18 Å². The summed E-state index contributed by atoms with van der Waals surface area (Å²) in [5, 5.41) is 0.0190. The van der Waals surface area contributed by atoms with E-state index in [-0.39, 0.29) is 28.8 Å². The van der Waals surface area contributed by atoms with Gasteiger partial charge in [-0.2, -0.15) is 0 Å². The van der Waals surface area contributed by atoms with E-state index < -0.39 is 5.91 Å². The van der Waals surface area contributed by atoms with Crippen molar-refractivity contribution in [1.29, 1.82) is 0 Å². The van der Waals surface area contributed by atoms with Crippen LogP contribution in [0.4, 0.5) is 10.1 Å². The van der Waals surface area contributed by atoms with E-state index in [1.165, 1.54) is 36.4 Å². The first-order valence-corrected chi connectivity index (χ1v) is 6.65. The fraction of sp³-hybridized carbons (Fsp3) is 0.0667. The third-order valence-electron chi connectivity index (χ3n) is 2.71. The van der Waals surface area contributed by atoms with Crippen molar-refractivity contribution in [3.8, 4) is 11.3 Å². The van der Waals surface area contributed by atoms with Gasteiger partial charge in [0.2, 0.25) is 0 Å². The number of carbonyl (C=O) groups excluding carboxylic acids is 1. The topological polar surface area (TPSA) is 77.2 Å². The Balaban J connectivity index is 2.36. The molecule has 0 aliphatic heterocycles. The lowest BCUT2D eigenvalue weighted by Crippen LogP contribution is -2.25. The molecule has 0 saturated heterocycles. The molecular formula is C15H13ClFN3O2. The summed E-state index contributed by atoms with van der Waals surface area (Å²) in [6, 6.07) is 7.14. The number of carbonyl (C=O) groups is 1. The number of benzene rings is 1. The molecule has 2 rings (SSSR count). The van der Waals surface area contributed by atoms with Crippen LogP contribution < -0.4 is 11.2 Å². The van der Waals surface area contributed by atoms with Gasteiger partial charge in [0.1, 0.15) is 5.82 Å². The highest BCUT2D eigenvalue weighted by Crippen LogP contribution is 2.28. The number of hydrogen-bond acceptors (Lipinski definition) is 4. The first kappa shape index (κ1) is 15.9. The predicted molar refractivity (Wildman–Crippen MR) is 82.7 cm³/mol. The van der Waals surface area contributed by atoms with E-state index in [2.05, 4.69) is 17.0 Å². The molecule has 0 spiro atoms. The molecule has 0 unspecified atom stereocenters. The highest BCUT2D eigenvalue weighted by molar-refractivity contribution is 6.36. The molecule has 5 nitrogen and oxygen atoms in total. The zero-order valence-electron chi connectivity index (χ0n) is 11.5. The number of aromatic nitrogens is 1. The minimum atomic E-state index is -0.637. The lowest BCUT2D eigenvalue weighted by molar-refractivity contribution is 0.0417. The van der Waals surface area contributed by atoms with Gasteiger partial charge in [0.15, 0.2) is 5.69 Å². The second-order valence-electron chi connectivity index (χ2n) is 4.30. The minimum Gasteiger partial charge on any atom is -0.397 e. The SMILES string of the molecule is C=CCONC(=O)c1nc(-c2ccc(F)cc2)cc(N)c1Cl. The van der Waals surface area contributed by atoms with Gasteiger partial charge in [0.05, 0.1) is 23.0 Å². The molecule has 0 bridgehead atoms. The van der Waals surface area contributed by atoms with Crippen molar-refractivity contribution in [2.75, 3.05) is 12.3 Å². The molecule has 0 atom stereocenters. The fourth-order valence-corrected chi connectivity index (χ4v) is 1.87. The van der Waals surface area contributed by atoms with Crippen LogP contribution in [0.25, 0.3) is 11.3 Å². The molecule has 0 radical (unpaired) electrons. The zero-order valence-corrected chi connectivity index (χ0v) is 12.2. The van der Waals surface area contributed by atoms with Crippen molar-refractivity contribution < 1.29 is 14.0 Å². The Hall–Kier alpha value is -2.44. The Morgan fingerprint density at radius 2 is 2.14 bits per heavy atom. The van der Waals surface area contributed by atoms with Gasteiger partial charge in [-0.3, -0.25) is 9.63 Å². The molecule has 1 aromatic heterocycles. The number of nitrogens with two attached hydrogens (primary N) is 1. The summed E-state index contributed by atoms with van der Waals surface area (Å²) in [6.07, 6.45) is 1.47. The van der Waals surface area contributed by atoms with Crippen LogP contribution in [0.1, 0.15) is 10.5 Å². The monoisotopic (exact) mass is 321 g/mol. The predicted octanol–water partition coefficient (Wildman–Crippen LogP) is 2.97. The normalized spacial score (nSPS) is 10.3. The van der Waals surface area contributed by atoms with Gasteiger partial charge >= 0.3 is 0 Å². The number of nitrogen functional groups attached to an aromatic ring is 1. The maximum Gasteiger partial charge on any atom is 0.295 e. The highest BCUT2D eigenvalue weighted by Gasteiger charge is 2.17. The largest absolute Gasteiger partial charge is 0.397 e. The van der Waals surface area contributed by atoms with E-state index in [1.54, 1.807) is 0 Å². The first-order valence-electron chi connectivity index (χ1n) is 6.28. The van der Waals surface area contributed by atoms with Crippen LogP contribution >= 0.6 is 11.6 Å². The second-order valence-corrected chi connectivity index (χ2v) is 4.68. The average molecular weight is 322 g/mol. The Labute approximate surface area is 131 Å². The van der Waals surface area contributed by atoms with Crippen molar-refractivity contribution >= 4 is 23.2 Å². The summed E-state index contributed by atoms with van der Waals surface area (Å²) in [6.45, 7) is 3.59. The van der Waals surface area contributed by atoms with Gasteiger partial charge < -0.3 is 5.73 Å². The van der Waals surface area contributed by atoms with Crippen molar-refractivity contribution in [2.45, 2.75) is 0 Å². The minimum absolute atomic E-state index is 0.0190. The summed E-state index contributed by atoms with van der Waals surface area (Å²) in [4.78, 5) is 21.0. The Morgan fingerprint density at radius 3 is 2.77 bits per heavy atom. The molecule has 1 aromatic carbocycles. The number of hydrogen-bond donors (Lipinski definition) is 2. The molecule has 0 aliphatic carbocycles. The molecule has 2 aromatic rings. The van der Waals surface area contributed by atoms with E-state index in [4.69, 9.17) is 22.2 Å². The zero-order chi connectivity index (χ0) is 16.1. The third-order valence-corrected chi connectivity index (χ3v) is 3.10. The third kappa shape index (κ3) is 3.60. The number of anilines is 1. The van der Waals surface area contributed by atoms with Crippen molar-refractivity contribution in [2.24, 2.45) is 0 Å². The lowest BCUT2D eigenvalue weighted by Gasteiger charge is -2.10. The molecule has 114 valence electrons. The number of pyridine rings is 1. The number of hydroxylamine groups is 1. The van der Waals surface area contributed by atoms with E-state index in [1.807, 2.05) is 0 Å². The molecule has 0 aliphatic rings. The van der Waals surface area contributed by atoms with Crippen molar-refractivity contribution in [1.82, 2.24) is 10.5 Å².